The van der Waals surface area contributed by atoms with Crippen molar-refractivity contribution in [3.05, 3.63) is 82.3 Å². The molecule has 1 aromatic carbocycles. The van der Waals surface area contributed by atoms with Gasteiger partial charge >= 0.3 is 0 Å². The van der Waals surface area contributed by atoms with Gasteiger partial charge in [0.2, 0.25) is 0 Å². The molecule has 5 rings (SSSR count). The first-order chi connectivity index (χ1) is 16.2. The number of halogens is 2. The molecule has 0 radical (unpaired) electrons. The van der Waals surface area contributed by atoms with Gasteiger partial charge in [0.25, 0.3) is 0 Å². The molecule has 1 atom stereocenters. The third-order valence-corrected chi connectivity index (χ3v) is 6.70. The fraction of sp³-hybridized carbons (Fsp3) is 0.292. The van der Waals surface area contributed by atoms with Crippen LogP contribution in [0.25, 0.3) is 5.65 Å². The van der Waals surface area contributed by atoms with Gasteiger partial charge in [0.15, 0.2) is 5.65 Å². The number of likely N-dealkylation sites (tertiary alicyclic amines) is 1. The summed E-state index contributed by atoms with van der Waals surface area (Å²) in [4.78, 5) is 11.7. The molecule has 4 aromatic rings. The number of nitrogens with zero attached hydrogens (tertiary/aromatic N) is 5. The summed E-state index contributed by atoms with van der Waals surface area (Å²) in [6, 6.07) is 14.1. The molecule has 0 saturated carbocycles. The Morgan fingerprint density at radius 3 is 2.91 bits per heavy atom. The molecule has 1 aliphatic heterocycles. The Labute approximate surface area is 206 Å². The molecule has 7 nitrogen and oxygen atoms in total. The van der Waals surface area contributed by atoms with Crippen LogP contribution < -0.4 is 9.61 Å². The normalized spacial score (nSPS) is 16.7. The highest BCUT2D eigenvalue weighted by molar-refractivity contribution is 9.10. The van der Waals surface area contributed by atoms with Crippen LogP contribution in [-0.2, 0) is 13.1 Å². The van der Waals surface area contributed by atoms with Gasteiger partial charge in [0.05, 0.1) is 16.4 Å². The molecule has 0 aliphatic carbocycles. The average Bonchev–Trinajstić information content (AvgIpc) is 3.24. The fourth-order valence-electron chi connectivity index (χ4n) is 4.38. The van der Waals surface area contributed by atoms with Crippen molar-refractivity contribution >= 4 is 39.3 Å². The molecule has 1 N–H and O–H groups in total. The van der Waals surface area contributed by atoms with Gasteiger partial charge < -0.3 is 9.61 Å². The fourth-order valence-corrected chi connectivity index (χ4v) is 4.82. The van der Waals surface area contributed by atoms with Gasteiger partial charge in [-0.1, -0.05) is 18.2 Å². The Bertz CT molecular complexity index is 1230. The number of aromatic nitrogens is 4. The Morgan fingerprint density at radius 2 is 2.06 bits per heavy atom. The SMILES string of the molecule is ClOc1cccc(CN2CCCC(c3cc(NCc4cccnc4)n4ncc(Br)c4n3)C2)c1. The van der Waals surface area contributed by atoms with E-state index in [4.69, 9.17) is 21.1 Å². The van der Waals surface area contributed by atoms with Crippen LogP contribution in [0.5, 0.6) is 5.75 Å². The minimum absolute atomic E-state index is 0.344. The number of anilines is 1. The summed E-state index contributed by atoms with van der Waals surface area (Å²) >= 11 is 9.14. The van der Waals surface area contributed by atoms with E-state index in [1.165, 1.54) is 5.56 Å². The maximum absolute atomic E-state index is 5.53. The predicted molar refractivity (Wildman–Crippen MR) is 132 cm³/mol. The van der Waals surface area contributed by atoms with E-state index in [1.807, 2.05) is 35.0 Å². The summed E-state index contributed by atoms with van der Waals surface area (Å²) in [5.74, 6) is 1.94. The Balaban J connectivity index is 1.37. The molecular weight excluding hydrogens is 504 g/mol. The summed E-state index contributed by atoms with van der Waals surface area (Å²) < 4.78 is 7.60. The van der Waals surface area contributed by atoms with Crippen LogP contribution in [-0.4, -0.2) is 37.6 Å². The third-order valence-electron chi connectivity index (χ3n) is 5.96. The molecule has 1 saturated heterocycles. The number of hydrogen-bond acceptors (Lipinski definition) is 6. The summed E-state index contributed by atoms with van der Waals surface area (Å²) in [7, 11) is 0. The van der Waals surface area contributed by atoms with E-state index in [-0.39, 0.29) is 0 Å². The van der Waals surface area contributed by atoms with Crippen LogP contribution in [0.4, 0.5) is 5.82 Å². The number of piperidine rings is 1. The second-order valence-electron chi connectivity index (χ2n) is 8.31. The van der Waals surface area contributed by atoms with Crippen molar-refractivity contribution in [2.24, 2.45) is 0 Å². The lowest BCUT2D eigenvalue weighted by Gasteiger charge is -2.32. The average molecular weight is 528 g/mol. The first kappa shape index (κ1) is 22.1. The lowest BCUT2D eigenvalue weighted by Crippen LogP contribution is -2.34. The molecular formula is C24H24BrClN6O. The van der Waals surface area contributed by atoms with Crippen molar-refractivity contribution < 1.29 is 4.29 Å². The molecule has 0 amide bonds. The zero-order chi connectivity index (χ0) is 22.6. The van der Waals surface area contributed by atoms with Crippen molar-refractivity contribution in [2.45, 2.75) is 31.8 Å². The predicted octanol–water partition coefficient (Wildman–Crippen LogP) is 5.41. The van der Waals surface area contributed by atoms with Crippen molar-refractivity contribution in [3.63, 3.8) is 0 Å². The summed E-state index contributed by atoms with van der Waals surface area (Å²) in [6.45, 7) is 3.53. The van der Waals surface area contributed by atoms with Crippen LogP contribution in [0.15, 0.2) is 65.5 Å². The van der Waals surface area contributed by atoms with Crippen LogP contribution in [0.1, 0.15) is 35.6 Å². The van der Waals surface area contributed by atoms with Crippen molar-refractivity contribution in [2.75, 3.05) is 18.4 Å². The maximum atomic E-state index is 5.53. The van der Waals surface area contributed by atoms with Crippen LogP contribution in [0.3, 0.4) is 0 Å². The smallest absolute Gasteiger partial charge is 0.171 e. The maximum Gasteiger partial charge on any atom is 0.171 e. The minimum Gasteiger partial charge on any atom is -0.386 e. The van der Waals surface area contributed by atoms with Crippen molar-refractivity contribution in [1.82, 2.24) is 24.5 Å². The topological polar surface area (TPSA) is 67.6 Å². The number of hydrogen-bond donors (Lipinski definition) is 1. The van der Waals surface area contributed by atoms with Gasteiger partial charge in [-0.3, -0.25) is 9.88 Å². The molecule has 4 heterocycles. The highest BCUT2D eigenvalue weighted by Gasteiger charge is 2.24. The molecule has 170 valence electrons. The Kier molecular flexibility index (Phi) is 6.75. The van der Waals surface area contributed by atoms with Gasteiger partial charge in [0, 0.05) is 44.0 Å². The van der Waals surface area contributed by atoms with Crippen molar-refractivity contribution in [3.8, 4) is 5.75 Å². The van der Waals surface area contributed by atoms with Gasteiger partial charge in [-0.2, -0.15) is 9.61 Å². The molecule has 3 aromatic heterocycles. The van der Waals surface area contributed by atoms with E-state index in [2.05, 4.69) is 54.4 Å². The van der Waals surface area contributed by atoms with Crippen LogP contribution >= 0.6 is 27.8 Å². The van der Waals surface area contributed by atoms with E-state index >= 15 is 0 Å². The quantitative estimate of drug-likeness (QED) is 0.347. The highest BCUT2D eigenvalue weighted by Crippen LogP contribution is 2.30. The lowest BCUT2D eigenvalue weighted by atomic mass is 9.94. The zero-order valence-corrected chi connectivity index (χ0v) is 20.3. The van der Waals surface area contributed by atoms with E-state index in [9.17, 15) is 0 Å². The second kappa shape index (κ2) is 10.1. The highest BCUT2D eigenvalue weighted by atomic mass is 79.9. The molecule has 33 heavy (non-hydrogen) atoms. The lowest BCUT2D eigenvalue weighted by molar-refractivity contribution is 0.198. The number of pyridine rings is 1. The Morgan fingerprint density at radius 1 is 1.15 bits per heavy atom. The number of rotatable bonds is 7. The molecule has 1 fully saturated rings. The number of nitrogens with one attached hydrogen (secondary N) is 1. The second-order valence-corrected chi connectivity index (χ2v) is 9.32. The van der Waals surface area contributed by atoms with Crippen molar-refractivity contribution in [1.29, 1.82) is 0 Å². The largest absolute Gasteiger partial charge is 0.386 e. The minimum atomic E-state index is 0.344. The number of benzene rings is 1. The zero-order valence-electron chi connectivity index (χ0n) is 18.0. The van der Waals surface area contributed by atoms with E-state index in [0.29, 0.717) is 18.2 Å². The molecule has 0 bridgehead atoms. The molecule has 0 spiro atoms. The monoisotopic (exact) mass is 526 g/mol. The van der Waals surface area contributed by atoms with E-state index in [1.54, 1.807) is 12.4 Å². The Hall–Kier alpha value is -2.68. The summed E-state index contributed by atoms with van der Waals surface area (Å²) in [5, 5.41) is 8.02. The number of fused-ring (bicyclic) bond motifs is 1. The van der Waals surface area contributed by atoms with E-state index < -0.39 is 0 Å². The molecule has 1 unspecified atom stereocenters. The van der Waals surface area contributed by atoms with Gasteiger partial charge in [0.1, 0.15) is 23.4 Å². The molecule has 1 aliphatic rings. The van der Waals surface area contributed by atoms with E-state index in [0.717, 1.165) is 59.7 Å². The van der Waals surface area contributed by atoms with Crippen LogP contribution in [0.2, 0.25) is 0 Å². The molecule has 9 heteroatoms. The van der Waals surface area contributed by atoms with Gasteiger partial charge in [-0.25, -0.2) is 4.98 Å². The van der Waals surface area contributed by atoms with Gasteiger partial charge in [-0.05, 0) is 64.6 Å². The van der Waals surface area contributed by atoms with Gasteiger partial charge in [-0.15, -0.1) is 0 Å². The summed E-state index contributed by atoms with van der Waals surface area (Å²) in [6.07, 6.45) is 7.68. The standard InChI is InChI=1S/C24H24BrClN6O/c25-21-14-29-32-23(28-13-18-5-2-8-27-12-18)11-22(30-24(21)32)19-6-3-9-31(16-19)15-17-4-1-7-20(10-17)33-26/h1-2,4-5,7-8,10-12,14,19,28H,3,6,9,13,15-16H2. The third kappa shape index (κ3) is 5.13. The van der Waals surface area contributed by atoms with Crippen LogP contribution in [0, 0.1) is 0 Å². The first-order valence-electron chi connectivity index (χ1n) is 11.0. The first-order valence-corrected chi connectivity index (χ1v) is 12.1. The summed E-state index contributed by atoms with van der Waals surface area (Å²) in [5.41, 5.74) is 4.21.